The van der Waals surface area contributed by atoms with Gasteiger partial charge in [-0.3, -0.25) is 0 Å². The third-order valence-corrected chi connectivity index (χ3v) is 11.8. The highest BCUT2D eigenvalue weighted by molar-refractivity contribution is 6.11. The van der Waals surface area contributed by atoms with Crippen LogP contribution in [0.25, 0.3) is 123 Å². The summed E-state index contributed by atoms with van der Waals surface area (Å²) in [6.45, 7) is 0. The molecule has 3 aromatic heterocycles. The molecule has 0 aliphatic rings. The van der Waals surface area contributed by atoms with Gasteiger partial charge in [0, 0.05) is 32.7 Å². The minimum absolute atomic E-state index is 0.497. The Hall–Kier alpha value is -8.41. The minimum Gasteiger partial charge on any atom is -0.455 e. The number of rotatable bonds is 7. The summed E-state index contributed by atoms with van der Waals surface area (Å²) < 4.78 is 13.3. The Morgan fingerprint density at radius 2 is 0.645 bits per heavy atom. The standard InChI is InChI=1S/C57H35N3O2/c1-4-18-36(19-5-1)39-34-48(38-22-8-3-9-23-38)52(43-27-11-10-24-40(43)37-20-6-2-7-21-37)49(35-39)57-59-55(46-30-16-28-44-41-25-12-14-32-50(41)61-53(44)46)58-56(60-57)47-31-17-29-45-42-26-13-15-33-51(42)62-54(45)47/h1-35H. The van der Waals surface area contributed by atoms with Crippen LogP contribution in [0.15, 0.2) is 221 Å². The third kappa shape index (κ3) is 5.98. The summed E-state index contributed by atoms with van der Waals surface area (Å²) in [5.74, 6) is 1.52. The lowest BCUT2D eigenvalue weighted by molar-refractivity contribution is 0.669. The molecule has 9 aromatic carbocycles. The van der Waals surface area contributed by atoms with Gasteiger partial charge in [0.1, 0.15) is 22.3 Å². The molecule has 0 unspecified atom stereocenters. The van der Waals surface area contributed by atoms with E-state index in [1.165, 1.54) is 0 Å². The van der Waals surface area contributed by atoms with Crippen molar-refractivity contribution >= 4 is 43.9 Å². The molecule has 62 heavy (non-hydrogen) atoms. The zero-order valence-electron chi connectivity index (χ0n) is 33.4. The van der Waals surface area contributed by atoms with E-state index in [0.717, 1.165) is 105 Å². The summed E-state index contributed by atoms with van der Waals surface area (Å²) in [5, 5.41) is 4.06. The molecular weight excluding hydrogens is 759 g/mol. The first kappa shape index (κ1) is 35.5. The molecule has 0 aliphatic carbocycles. The zero-order valence-corrected chi connectivity index (χ0v) is 33.4. The highest BCUT2D eigenvalue weighted by atomic mass is 16.3. The van der Waals surface area contributed by atoms with E-state index in [-0.39, 0.29) is 0 Å². The van der Waals surface area contributed by atoms with Crippen molar-refractivity contribution in [3.63, 3.8) is 0 Å². The average Bonchev–Trinajstić information content (AvgIpc) is 3.93. The van der Waals surface area contributed by atoms with Crippen molar-refractivity contribution in [2.24, 2.45) is 0 Å². The first-order valence-electron chi connectivity index (χ1n) is 20.8. The Labute approximate surface area is 357 Å². The van der Waals surface area contributed by atoms with Gasteiger partial charge in [0.2, 0.25) is 0 Å². The molecule has 0 saturated heterocycles. The molecule has 0 spiro atoms. The second kappa shape index (κ2) is 14.7. The summed E-state index contributed by atoms with van der Waals surface area (Å²) in [4.78, 5) is 16.3. The van der Waals surface area contributed by atoms with Crippen LogP contribution in [0.5, 0.6) is 0 Å². The Bertz CT molecular complexity index is 3500. The SMILES string of the molecule is c1ccc(-c2cc(-c3ccccc3)c(-c3ccccc3-c3ccccc3)c(-c3nc(-c4cccc5c4oc4ccccc45)nc(-c4cccc5c4oc4ccccc45)n3)c2)cc1. The maximum Gasteiger partial charge on any atom is 0.167 e. The van der Waals surface area contributed by atoms with E-state index in [4.69, 9.17) is 23.8 Å². The van der Waals surface area contributed by atoms with E-state index in [1.807, 2.05) is 60.7 Å². The maximum atomic E-state index is 6.63. The van der Waals surface area contributed by atoms with Gasteiger partial charge in [-0.2, -0.15) is 0 Å². The molecular formula is C57H35N3O2. The molecule has 290 valence electrons. The third-order valence-electron chi connectivity index (χ3n) is 11.8. The van der Waals surface area contributed by atoms with E-state index < -0.39 is 0 Å². The smallest absolute Gasteiger partial charge is 0.167 e. The Balaban J connectivity index is 1.22. The first-order chi connectivity index (χ1) is 30.7. The van der Waals surface area contributed by atoms with E-state index in [0.29, 0.717) is 17.5 Å². The van der Waals surface area contributed by atoms with Gasteiger partial charge < -0.3 is 8.83 Å². The van der Waals surface area contributed by atoms with Gasteiger partial charge in [0.15, 0.2) is 17.5 Å². The number of furan rings is 2. The molecule has 0 radical (unpaired) electrons. The van der Waals surface area contributed by atoms with Crippen molar-refractivity contribution in [2.45, 2.75) is 0 Å². The van der Waals surface area contributed by atoms with Crippen LogP contribution in [-0.2, 0) is 0 Å². The van der Waals surface area contributed by atoms with Gasteiger partial charge in [-0.25, -0.2) is 15.0 Å². The quantitative estimate of drug-likeness (QED) is 0.161. The van der Waals surface area contributed by atoms with Crippen molar-refractivity contribution < 1.29 is 8.83 Å². The molecule has 0 saturated carbocycles. The number of nitrogens with zero attached hydrogens (tertiary/aromatic N) is 3. The topological polar surface area (TPSA) is 65.0 Å². The molecule has 0 amide bonds. The van der Waals surface area contributed by atoms with E-state index in [1.54, 1.807) is 0 Å². The first-order valence-corrected chi connectivity index (χ1v) is 20.8. The summed E-state index contributed by atoms with van der Waals surface area (Å²) in [6.07, 6.45) is 0. The lowest BCUT2D eigenvalue weighted by Gasteiger charge is -2.21. The summed E-state index contributed by atoms with van der Waals surface area (Å²) in [5.41, 5.74) is 14.0. The van der Waals surface area contributed by atoms with Crippen LogP contribution in [0.4, 0.5) is 0 Å². The van der Waals surface area contributed by atoms with Crippen LogP contribution >= 0.6 is 0 Å². The molecule has 5 heteroatoms. The van der Waals surface area contributed by atoms with Crippen molar-refractivity contribution in [1.29, 1.82) is 0 Å². The fraction of sp³-hybridized carbons (Fsp3) is 0. The lowest BCUT2D eigenvalue weighted by Crippen LogP contribution is -2.03. The van der Waals surface area contributed by atoms with Crippen LogP contribution in [0, 0.1) is 0 Å². The molecule has 0 atom stereocenters. The number of benzene rings is 9. The number of para-hydroxylation sites is 4. The Morgan fingerprint density at radius 1 is 0.258 bits per heavy atom. The fourth-order valence-electron chi connectivity index (χ4n) is 8.91. The zero-order chi connectivity index (χ0) is 41.0. The van der Waals surface area contributed by atoms with E-state index in [2.05, 4.69) is 152 Å². The molecule has 0 N–H and O–H groups in total. The number of hydrogen-bond acceptors (Lipinski definition) is 5. The monoisotopic (exact) mass is 793 g/mol. The second-order valence-electron chi connectivity index (χ2n) is 15.5. The Kier molecular flexibility index (Phi) is 8.42. The summed E-state index contributed by atoms with van der Waals surface area (Å²) in [7, 11) is 0. The van der Waals surface area contributed by atoms with Crippen LogP contribution in [0.2, 0.25) is 0 Å². The highest BCUT2D eigenvalue weighted by Crippen LogP contribution is 2.47. The van der Waals surface area contributed by atoms with E-state index in [9.17, 15) is 0 Å². The molecule has 5 nitrogen and oxygen atoms in total. The molecule has 0 bridgehead atoms. The van der Waals surface area contributed by atoms with Gasteiger partial charge in [0.25, 0.3) is 0 Å². The molecule has 3 heterocycles. The van der Waals surface area contributed by atoms with Crippen molar-refractivity contribution in [1.82, 2.24) is 15.0 Å². The number of fused-ring (bicyclic) bond motifs is 6. The van der Waals surface area contributed by atoms with Crippen LogP contribution in [0.3, 0.4) is 0 Å². The molecule has 0 fully saturated rings. The van der Waals surface area contributed by atoms with Crippen LogP contribution < -0.4 is 0 Å². The highest BCUT2D eigenvalue weighted by Gasteiger charge is 2.25. The van der Waals surface area contributed by atoms with Crippen molar-refractivity contribution in [2.75, 3.05) is 0 Å². The Morgan fingerprint density at radius 3 is 1.19 bits per heavy atom. The largest absolute Gasteiger partial charge is 0.455 e. The van der Waals surface area contributed by atoms with Crippen LogP contribution in [0.1, 0.15) is 0 Å². The summed E-state index contributed by atoms with van der Waals surface area (Å²) in [6, 6.07) is 73.5. The normalized spacial score (nSPS) is 11.5. The van der Waals surface area contributed by atoms with Gasteiger partial charge in [-0.15, -0.1) is 0 Å². The van der Waals surface area contributed by atoms with Gasteiger partial charge in [-0.1, -0.05) is 176 Å². The number of aromatic nitrogens is 3. The number of hydrogen-bond donors (Lipinski definition) is 0. The maximum absolute atomic E-state index is 6.63. The minimum atomic E-state index is 0.497. The van der Waals surface area contributed by atoms with E-state index >= 15 is 0 Å². The van der Waals surface area contributed by atoms with Crippen LogP contribution in [-0.4, -0.2) is 15.0 Å². The van der Waals surface area contributed by atoms with Gasteiger partial charge in [-0.05, 0) is 75.3 Å². The molecule has 12 aromatic rings. The molecule has 0 aliphatic heterocycles. The fourth-order valence-corrected chi connectivity index (χ4v) is 8.91. The predicted molar refractivity (Wildman–Crippen MR) is 252 cm³/mol. The molecule has 12 rings (SSSR count). The van der Waals surface area contributed by atoms with Crippen molar-refractivity contribution in [3.8, 4) is 78.7 Å². The lowest BCUT2D eigenvalue weighted by atomic mass is 9.84. The summed E-state index contributed by atoms with van der Waals surface area (Å²) >= 11 is 0. The second-order valence-corrected chi connectivity index (χ2v) is 15.5. The van der Waals surface area contributed by atoms with Gasteiger partial charge in [0.05, 0.1) is 11.1 Å². The predicted octanol–water partition coefficient (Wildman–Crippen LogP) is 15.3. The van der Waals surface area contributed by atoms with Gasteiger partial charge >= 0.3 is 0 Å². The van der Waals surface area contributed by atoms with Crippen molar-refractivity contribution in [3.05, 3.63) is 212 Å². The average molecular weight is 794 g/mol.